The van der Waals surface area contributed by atoms with Crippen molar-refractivity contribution in [1.82, 2.24) is 15.3 Å². The van der Waals surface area contributed by atoms with Crippen molar-refractivity contribution in [3.8, 4) is 0 Å². The molecule has 0 saturated carbocycles. The van der Waals surface area contributed by atoms with E-state index in [1.54, 1.807) is 12.1 Å². The number of benzene rings is 1. The number of hydrogen-bond acceptors (Lipinski definition) is 2. The van der Waals surface area contributed by atoms with Crippen LogP contribution < -0.4 is 10.6 Å². The minimum Gasteiger partial charge on any atom is -0.361 e. The van der Waals surface area contributed by atoms with Crippen molar-refractivity contribution in [3.05, 3.63) is 58.9 Å². The SMILES string of the molecule is Cc1cccc2[nH]cc(CCNC(=O)Nc3ccc(Cl)cn3)c12. The van der Waals surface area contributed by atoms with Gasteiger partial charge in [-0.2, -0.15) is 0 Å². The Balaban J connectivity index is 1.56. The van der Waals surface area contributed by atoms with Crippen molar-refractivity contribution in [3.63, 3.8) is 0 Å². The predicted octanol–water partition coefficient (Wildman–Crippen LogP) is 3.89. The molecule has 0 bridgehead atoms. The van der Waals surface area contributed by atoms with Gasteiger partial charge in [0.2, 0.25) is 0 Å². The third kappa shape index (κ3) is 3.63. The number of nitrogens with zero attached hydrogens (tertiary/aromatic N) is 1. The molecule has 0 atom stereocenters. The van der Waals surface area contributed by atoms with Crippen molar-refractivity contribution in [1.29, 1.82) is 0 Å². The number of aromatic nitrogens is 2. The molecule has 3 N–H and O–H groups in total. The first-order valence-electron chi connectivity index (χ1n) is 7.35. The van der Waals surface area contributed by atoms with Crippen LogP contribution in [0.25, 0.3) is 10.9 Å². The minimum absolute atomic E-state index is 0.281. The quantitative estimate of drug-likeness (QED) is 0.680. The molecule has 23 heavy (non-hydrogen) atoms. The van der Waals surface area contributed by atoms with Crippen molar-refractivity contribution >= 4 is 34.4 Å². The Morgan fingerprint density at radius 2 is 2.17 bits per heavy atom. The molecule has 6 heteroatoms. The van der Waals surface area contributed by atoms with Crippen LogP contribution in [0.5, 0.6) is 0 Å². The zero-order chi connectivity index (χ0) is 16.2. The van der Waals surface area contributed by atoms with Crippen molar-refractivity contribution in [2.24, 2.45) is 0 Å². The average Bonchev–Trinajstić information content (AvgIpc) is 2.94. The Kier molecular flexibility index (Phi) is 4.48. The number of urea groups is 1. The first-order valence-corrected chi connectivity index (χ1v) is 7.73. The number of halogens is 1. The van der Waals surface area contributed by atoms with Crippen LogP contribution in [0.3, 0.4) is 0 Å². The normalized spacial score (nSPS) is 10.7. The number of anilines is 1. The topological polar surface area (TPSA) is 69.8 Å². The number of nitrogens with one attached hydrogen (secondary N) is 3. The molecule has 0 aliphatic carbocycles. The van der Waals surface area contributed by atoms with Crippen LogP contribution in [0, 0.1) is 6.92 Å². The molecule has 5 nitrogen and oxygen atoms in total. The molecule has 0 unspecified atom stereocenters. The lowest BCUT2D eigenvalue weighted by molar-refractivity contribution is 0.252. The van der Waals surface area contributed by atoms with Gasteiger partial charge in [0.15, 0.2) is 0 Å². The van der Waals surface area contributed by atoms with Gasteiger partial charge in [-0.05, 0) is 42.7 Å². The van der Waals surface area contributed by atoms with Gasteiger partial charge in [-0.25, -0.2) is 9.78 Å². The molecule has 0 fully saturated rings. The van der Waals surface area contributed by atoms with Crippen LogP contribution in [-0.4, -0.2) is 22.5 Å². The molecule has 3 rings (SSSR count). The summed E-state index contributed by atoms with van der Waals surface area (Å²) in [6, 6.07) is 9.23. The number of fused-ring (bicyclic) bond motifs is 1. The Bertz CT molecular complexity index is 826. The van der Waals surface area contributed by atoms with E-state index in [0.29, 0.717) is 17.4 Å². The maximum Gasteiger partial charge on any atom is 0.320 e. The Labute approximate surface area is 139 Å². The fraction of sp³-hybridized carbons (Fsp3) is 0.176. The lowest BCUT2D eigenvalue weighted by atomic mass is 10.1. The number of carbonyl (C=O) groups excluding carboxylic acids is 1. The highest BCUT2D eigenvalue weighted by Gasteiger charge is 2.07. The maximum atomic E-state index is 11.9. The Hall–Kier alpha value is -2.53. The molecule has 0 aliphatic heterocycles. The second-order valence-corrected chi connectivity index (χ2v) is 5.74. The molecule has 2 heterocycles. The molecule has 2 aromatic heterocycles. The Morgan fingerprint density at radius 1 is 1.30 bits per heavy atom. The highest BCUT2D eigenvalue weighted by Crippen LogP contribution is 2.22. The average molecular weight is 329 g/mol. The number of aromatic amines is 1. The lowest BCUT2D eigenvalue weighted by Crippen LogP contribution is -2.30. The van der Waals surface area contributed by atoms with E-state index < -0.39 is 0 Å². The molecule has 0 radical (unpaired) electrons. The van der Waals surface area contributed by atoms with E-state index in [1.165, 1.54) is 22.7 Å². The third-order valence-corrected chi connectivity index (χ3v) is 3.87. The molecule has 0 saturated heterocycles. The number of carbonyl (C=O) groups is 1. The smallest absolute Gasteiger partial charge is 0.320 e. The van der Waals surface area contributed by atoms with Gasteiger partial charge in [0.25, 0.3) is 0 Å². The summed E-state index contributed by atoms with van der Waals surface area (Å²) in [4.78, 5) is 19.1. The second-order valence-electron chi connectivity index (χ2n) is 5.30. The summed E-state index contributed by atoms with van der Waals surface area (Å²) in [5, 5.41) is 7.27. The number of aryl methyl sites for hydroxylation is 1. The molecule has 0 spiro atoms. The van der Waals surface area contributed by atoms with Gasteiger partial charge in [-0.15, -0.1) is 0 Å². The van der Waals surface area contributed by atoms with Crippen LogP contribution in [0.1, 0.15) is 11.1 Å². The molecular formula is C17H17ClN4O. The Morgan fingerprint density at radius 3 is 2.96 bits per heavy atom. The number of amides is 2. The van der Waals surface area contributed by atoms with E-state index in [0.717, 1.165) is 11.9 Å². The fourth-order valence-electron chi connectivity index (χ4n) is 2.57. The van der Waals surface area contributed by atoms with Crippen LogP contribution in [-0.2, 0) is 6.42 Å². The van der Waals surface area contributed by atoms with Gasteiger partial charge in [0, 0.05) is 29.8 Å². The predicted molar refractivity (Wildman–Crippen MR) is 93.0 cm³/mol. The maximum absolute atomic E-state index is 11.9. The van der Waals surface area contributed by atoms with Crippen LogP contribution in [0.2, 0.25) is 5.02 Å². The van der Waals surface area contributed by atoms with E-state index in [1.807, 2.05) is 12.3 Å². The standard InChI is InChI=1S/C17H17ClN4O/c1-11-3-2-4-14-16(11)12(9-20-14)7-8-19-17(23)22-15-6-5-13(18)10-21-15/h2-6,9-10,20H,7-8H2,1H3,(H2,19,21,22,23). The summed E-state index contributed by atoms with van der Waals surface area (Å²) in [5.74, 6) is 0.467. The summed E-state index contributed by atoms with van der Waals surface area (Å²) in [6.45, 7) is 2.63. The van der Waals surface area contributed by atoms with Gasteiger partial charge < -0.3 is 10.3 Å². The first-order chi connectivity index (χ1) is 11.1. The van der Waals surface area contributed by atoms with Gasteiger partial charge in [-0.3, -0.25) is 5.32 Å². The third-order valence-electron chi connectivity index (χ3n) is 3.64. The number of pyridine rings is 1. The highest BCUT2D eigenvalue weighted by atomic mass is 35.5. The second kappa shape index (κ2) is 6.71. The molecule has 3 aromatic rings. The largest absolute Gasteiger partial charge is 0.361 e. The fourth-order valence-corrected chi connectivity index (χ4v) is 2.68. The van der Waals surface area contributed by atoms with E-state index >= 15 is 0 Å². The zero-order valence-electron chi connectivity index (χ0n) is 12.7. The van der Waals surface area contributed by atoms with Gasteiger partial charge >= 0.3 is 6.03 Å². The molecular weight excluding hydrogens is 312 g/mol. The van der Waals surface area contributed by atoms with Crippen LogP contribution >= 0.6 is 11.6 Å². The first kappa shape index (κ1) is 15.4. The van der Waals surface area contributed by atoms with Crippen molar-refractivity contribution < 1.29 is 4.79 Å². The van der Waals surface area contributed by atoms with Crippen LogP contribution in [0.15, 0.2) is 42.7 Å². The van der Waals surface area contributed by atoms with Gasteiger partial charge in [0.05, 0.1) is 5.02 Å². The molecule has 118 valence electrons. The summed E-state index contributed by atoms with van der Waals surface area (Å²) in [7, 11) is 0. The molecule has 0 aliphatic rings. The zero-order valence-corrected chi connectivity index (χ0v) is 13.4. The molecule has 2 amide bonds. The van der Waals surface area contributed by atoms with Crippen LogP contribution in [0.4, 0.5) is 10.6 Å². The number of H-pyrrole nitrogens is 1. The van der Waals surface area contributed by atoms with Gasteiger partial charge in [0.1, 0.15) is 5.82 Å². The highest BCUT2D eigenvalue weighted by molar-refractivity contribution is 6.30. The molecule has 1 aromatic carbocycles. The van der Waals surface area contributed by atoms with Gasteiger partial charge in [-0.1, -0.05) is 23.7 Å². The monoisotopic (exact) mass is 328 g/mol. The van der Waals surface area contributed by atoms with E-state index in [4.69, 9.17) is 11.6 Å². The van der Waals surface area contributed by atoms with E-state index in [2.05, 4.69) is 39.7 Å². The number of hydrogen-bond donors (Lipinski definition) is 3. The summed E-state index contributed by atoms with van der Waals surface area (Å²) in [6.07, 6.45) is 4.25. The summed E-state index contributed by atoms with van der Waals surface area (Å²) < 4.78 is 0. The lowest BCUT2D eigenvalue weighted by Gasteiger charge is -2.07. The van der Waals surface area contributed by atoms with E-state index in [9.17, 15) is 4.79 Å². The summed E-state index contributed by atoms with van der Waals surface area (Å²) in [5.41, 5.74) is 3.55. The van der Waals surface area contributed by atoms with E-state index in [-0.39, 0.29) is 6.03 Å². The van der Waals surface area contributed by atoms with Crippen molar-refractivity contribution in [2.45, 2.75) is 13.3 Å². The minimum atomic E-state index is -0.281. The summed E-state index contributed by atoms with van der Waals surface area (Å²) >= 11 is 5.76. The number of rotatable bonds is 4. The van der Waals surface area contributed by atoms with Crippen molar-refractivity contribution in [2.75, 3.05) is 11.9 Å².